The van der Waals surface area contributed by atoms with Gasteiger partial charge in [0, 0.05) is 18.2 Å². The maximum absolute atomic E-state index is 12.2. The highest BCUT2D eigenvalue weighted by atomic mass is 19.4. The first-order valence-corrected chi connectivity index (χ1v) is 5.82. The lowest BCUT2D eigenvalue weighted by molar-refractivity contribution is -0.153. The van der Waals surface area contributed by atoms with Crippen molar-refractivity contribution in [3.63, 3.8) is 0 Å². The molecule has 0 bridgehead atoms. The van der Waals surface area contributed by atoms with E-state index in [1.807, 2.05) is 6.92 Å². The Labute approximate surface area is 108 Å². The predicted molar refractivity (Wildman–Crippen MR) is 61.5 cm³/mol. The number of ether oxygens (including phenoxy) is 3. The molecule has 0 saturated carbocycles. The van der Waals surface area contributed by atoms with E-state index < -0.39 is 12.8 Å². The fourth-order valence-electron chi connectivity index (χ4n) is 1.66. The molecule has 4 nitrogen and oxygen atoms in total. The Morgan fingerprint density at radius 1 is 1.26 bits per heavy atom. The summed E-state index contributed by atoms with van der Waals surface area (Å²) in [7, 11) is 0. The van der Waals surface area contributed by atoms with Gasteiger partial charge in [-0.05, 0) is 12.6 Å². The summed E-state index contributed by atoms with van der Waals surface area (Å²) in [6, 6.07) is 3.07. The van der Waals surface area contributed by atoms with Crippen molar-refractivity contribution in [3.05, 3.63) is 17.7 Å². The molecule has 0 radical (unpaired) electrons. The normalized spacial score (nSPS) is 13.7. The van der Waals surface area contributed by atoms with Crippen molar-refractivity contribution in [1.82, 2.24) is 5.32 Å². The van der Waals surface area contributed by atoms with Crippen LogP contribution in [0.3, 0.4) is 0 Å². The Balaban J connectivity index is 2.18. The second-order valence-corrected chi connectivity index (χ2v) is 4.00. The van der Waals surface area contributed by atoms with Crippen molar-refractivity contribution in [2.75, 3.05) is 19.9 Å². The van der Waals surface area contributed by atoms with Crippen LogP contribution in [0.1, 0.15) is 12.5 Å². The minimum Gasteiger partial charge on any atom is -0.484 e. The molecule has 106 valence electrons. The van der Waals surface area contributed by atoms with Gasteiger partial charge in [-0.2, -0.15) is 13.2 Å². The zero-order valence-corrected chi connectivity index (χ0v) is 10.3. The van der Waals surface area contributed by atoms with Gasteiger partial charge in [0.05, 0.1) is 0 Å². The minimum atomic E-state index is -4.37. The van der Waals surface area contributed by atoms with Gasteiger partial charge in [-0.25, -0.2) is 0 Å². The number of benzene rings is 1. The summed E-state index contributed by atoms with van der Waals surface area (Å²) in [6.07, 6.45) is -4.37. The van der Waals surface area contributed by atoms with E-state index in [2.05, 4.69) is 5.32 Å². The lowest BCUT2D eigenvalue weighted by atomic mass is 10.1. The third-order valence-corrected chi connectivity index (χ3v) is 2.51. The van der Waals surface area contributed by atoms with E-state index in [0.29, 0.717) is 30.2 Å². The van der Waals surface area contributed by atoms with Crippen LogP contribution in [0.15, 0.2) is 12.1 Å². The predicted octanol–water partition coefficient (Wildman–Crippen LogP) is 2.47. The molecule has 0 aliphatic carbocycles. The maximum atomic E-state index is 12.2. The van der Waals surface area contributed by atoms with Crippen molar-refractivity contribution in [3.8, 4) is 17.2 Å². The van der Waals surface area contributed by atoms with Crippen LogP contribution >= 0.6 is 0 Å². The highest BCUT2D eigenvalue weighted by Gasteiger charge is 2.29. The monoisotopic (exact) mass is 277 g/mol. The fourth-order valence-corrected chi connectivity index (χ4v) is 1.66. The summed E-state index contributed by atoms with van der Waals surface area (Å²) >= 11 is 0. The summed E-state index contributed by atoms with van der Waals surface area (Å²) < 4.78 is 51.7. The second-order valence-electron chi connectivity index (χ2n) is 4.00. The van der Waals surface area contributed by atoms with Crippen LogP contribution in [-0.2, 0) is 6.54 Å². The largest absolute Gasteiger partial charge is 0.484 e. The number of halogens is 3. The van der Waals surface area contributed by atoms with Crippen molar-refractivity contribution in [2.24, 2.45) is 0 Å². The molecule has 19 heavy (non-hydrogen) atoms. The third kappa shape index (κ3) is 3.66. The molecule has 0 fully saturated rings. The summed E-state index contributed by atoms with van der Waals surface area (Å²) in [5.74, 6) is 1.08. The molecule has 7 heteroatoms. The number of rotatable bonds is 5. The molecular weight excluding hydrogens is 263 g/mol. The molecule has 1 aromatic rings. The van der Waals surface area contributed by atoms with Crippen LogP contribution in [0.5, 0.6) is 17.2 Å². The van der Waals surface area contributed by atoms with Crippen molar-refractivity contribution < 1.29 is 27.4 Å². The van der Waals surface area contributed by atoms with Gasteiger partial charge in [0.25, 0.3) is 0 Å². The van der Waals surface area contributed by atoms with Gasteiger partial charge in [-0.15, -0.1) is 0 Å². The van der Waals surface area contributed by atoms with Crippen LogP contribution in [0.4, 0.5) is 13.2 Å². The van der Waals surface area contributed by atoms with Gasteiger partial charge in [0.2, 0.25) is 6.79 Å². The first-order chi connectivity index (χ1) is 8.99. The van der Waals surface area contributed by atoms with E-state index in [1.54, 1.807) is 6.07 Å². The molecule has 1 aromatic carbocycles. The smallest absolute Gasteiger partial charge is 0.422 e. The molecule has 1 aliphatic rings. The number of fused-ring (bicyclic) bond motifs is 1. The molecule has 0 aromatic heterocycles. The van der Waals surface area contributed by atoms with Crippen LogP contribution < -0.4 is 19.5 Å². The Morgan fingerprint density at radius 2 is 1.95 bits per heavy atom. The minimum absolute atomic E-state index is 0.0682. The van der Waals surface area contributed by atoms with E-state index in [4.69, 9.17) is 14.2 Å². The van der Waals surface area contributed by atoms with E-state index in [9.17, 15) is 13.2 Å². The Bertz CT molecular complexity index is 449. The first kappa shape index (κ1) is 13.8. The number of hydrogen-bond acceptors (Lipinski definition) is 4. The molecular formula is C12H14F3NO3. The quantitative estimate of drug-likeness (QED) is 0.897. The highest BCUT2D eigenvalue weighted by molar-refractivity contribution is 5.51. The zero-order valence-electron chi connectivity index (χ0n) is 10.3. The van der Waals surface area contributed by atoms with Crippen molar-refractivity contribution in [2.45, 2.75) is 19.6 Å². The number of alkyl halides is 3. The van der Waals surface area contributed by atoms with Gasteiger partial charge < -0.3 is 19.5 Å². The summed E-state index contributed by atoms with van der Waals surface area (Å²) in [5, 5.41) is 3.04. The van der Waals surface area contributed by atoms with Crippen LogP contribution in [0, 0.1) is 0 Å². The molecule has 1 aliphatic heterocycles. The zero-order chi connectivity index (χ0) is 13.9. The maximum Gasteiger partial charge on any atom is 0.422 e. The highest BCUT2D eigenvalue weighted by Crippen LogP contribution is 2.38. The summed E-state index contributed by atoms with van der Waals surface area (Å²) in [4.78, 5) is 0. The molecule has 0 atom stereocenters. The standard InChI is InChI=1S/C12H14F3NO3/c1-2-16-5-8-3-10-11(19-7-18-10)4-9(8)17-6-12(13,14)15/h3-4,16H,2,5-7H2,1H3. The fraction of sp³-hybridized carbons (Fsp3) is 0.500. The van der Waals surface area contributed by atoms with E-state index >= 15 is 0 Å². The van der Waals surface area contributed by atoms with Crippen LogP contribution in [0.2, 0.25) is 0 Å². The van der Waals surface area contributed by atoms with E-state index in [-0.39, 0.29) is 12.5 Å². The van der Waals surface area contributed by atoms with Gasteiger partial charge in [-0.3, -0.25) is 0 Å². The lowest BCUT2D eigenvalue weighted by Crippen LogP contribution is -2.20. The van der Waals surface area contributed by atoms with E-state index in [1.165, 1.54) is 6.07 Å². The van der Waals surface area contributed by atoms with E-state index in [0.717, 1.165) is 0 Å². The molecule has 0 saturated heterocycles. The van der Waals surface area contributed by atoms with Crippen LogP contribution in [0.25, 0.3) is 0 Å². The average Bonchev–Trinajstić information content (AvgIpc) is 2.79. The van der Waals surface area contributed by atoms with Gasteiger partial charge in [-0.1, -0.05) is 6.92 Å². The Morgan fingerprint density at radius 3 is 2.58 bits per heavy atom. The van der Waals surface area contributed by atoms with Crippen molar-refractivity contribution >= 4 is 0 Å². The number of nitrogens with one attached hydrogen (secondary N) is 1. The Hall–Kier alpha value is -1.63. The molecule has 0 unspecified atom stereocenters. The summed E-state index contributed by atoms with van der Waals surface area (Å²) in [6.45, 7) is 1.75. The molecule has 2 rings (SSSR count). The first-order valence-electron chi connectivity index (χ1n) is 5.82. The van der Waals surface area contributed by atoms with Gasteiger partial charge in [0.15, 0.2) is 18.1 Å². The van der Waals surface area contributed by atoms with Crippen LogP contribution in [-0.4, -0.2) is 26.1 Å². The van der Waals surface area contributed by atoms with Gasteiger partial charge in [0.1, 0.15) is 5.75 Å². The molecule has 0 amide bonds. The van der Waals surface area contributed by atoms with Gasteiger partial charge >= 0.3 is 6.18 Å². The molecule has 1 heterocycles. The third-order valence-electron chi connectivity index (χ3n) is 2.51. The average molecular weight is 277 g/mol. The Kier molecular flexibility index (Phi) is 4.04. The topological polar surface area (TPSA) is 39.7 Å². The lowest BCUT2D eigenvalue weighted by Gasteiger charge is -2.14. The van der Waals surface area contributed by atoms with Crippen molar-refractivity contribution in [1.29, 1.82) is 0 Å². The number of hydrogen-bond donors (Lipinski definition) is 1. The summed E-state index contributed by atoms with van der Waals surface area (Å²) in [5.41, 5.74) is 0.607. The molecule has 0 spiro atoms. The SMILES string of the molecule is CCNCc1cc2c(cc1OCC(F)(F)F)OCO2. The second kappa shape index (κ2) is 5.56. The molecule has 1 N–H and O–H groups in total.